The van der Waals surface area contributed by atoms with Crippen LogP contribution in [0, 0.1) is 12.8 Å². The third-order valence-corrected chi connectivity index (χ3v) is 4.25. The van der Waals surface area contributed by atoms with Gasteiger partial charge in [0.05, 0.1) is 19.0 Å². The number of primary amides is 1. The molecule has 0 saturated carbocycles. The van der Waals surface area contributed by atoms with Crippen LogP contribution in [-0.2, 0) is 9.59 Å². The molecule has 0 radical (unpaired) electrons. The fourth-order valence-electron chi connectivity index (χ4n) is 2.89. The first-order chi connectivity index (χ1) is 9.97. The number of rotatable bonds is 4. The Morgan fingerprint density at radius 1 is 1.43 bits per heavy atom. The van der Waals surface area contributed by atoms with Gasteiger partial charge in [-0.2, -0.15) is 0 Å². The second-order valence-electron chi connectivity index (χ2n) is 5.93. The Bertz CT molecular complexity index is 530. The van der Waals surface area contributed by atoms with Crippen molar-refractivity contribution < 1.29 is 14.5 Å². The molecule has 2 amide bonds. The average Bonchev–Trinajstić information content (AvgIpc) is 2.46. The van der Waals surface area contributed by atoms with Gasteiger partial charge in [0.1, 0.15) is 0 Å². The van der Waals surface area contributed by atoms with Gasteiger partial charge in [-0.3, -0.25) is 9.59 Å². The molecule has 0 aliphatic carbocycles. The monoisotopic (exact) mass is 290 g/mol. The summed E-state index contributed by atoms with van der Waals surface area (Å²) in [5, 5.41) is 2.95. The summed E-state index contributed by atoms with van der Waals surface area (Å²) < 4.78 is 0. The smallest absolute Gasteiger partial charge is 0.282 e. The van der Waals surface area contributed by atoms with Crippen LogP contribution in [0.2, 0.25) is 0 Å². The van der Waals surface area contributed by atoms with Gasteiger partial charge in [0, 0.05) is 5.69 Å². The summed E-state index contributed by atoms with van der Waals surface area (Å²) in [5.74, 6) is -0.373. The van der Waals surface area contributed by atoms with Crippen LogP contribution in [0.4, 0.5) is 5.69 Å². The molecule has 1 unspecified atom stereocenters. The maximum atomic E-state index is 12.4. The molecule has 0 aromatic heterocycles. The number of likely N-dealkylation sites (tertiary alicyclic amines) is 1. The van der Waals surface area contributed by atoms with E-state index < -0.39 is 0 Å². The number of anilines is 1. The standard InChI is InChI=1S/C16H23N3O2/c1-11-5-3-7-14(9-11)18-16(21)12(2)19-8-4-6-13(10-19)15(17)20/h3,5,7,9,12-13H,4,6,8,10H2,1-2H3,(H2,17,20)(H,18,21)/p+1/t12-,13-/m0/s1. The third-order valence-electron chi connectivity index (χ3n) is 4.25. The molecule has 114 valence electrons. The van der Waals surface area contributed by atoms with Crippen LogP contribution in [-0.4, -0.2) is 30.9 Å². The Labute approximate surface area is 125 Å². The molecule has 1 saturated heterocycles. The molecule has 21 heavy (non-hydrogen) atoms. The van der Waals surface area contributed by atoms with E-state index in [-0.39, 0.29) is 23.8 Å². The van der Waals surface area contributed by atoms with Crippen LogP contribution in [0.1, 0.15) is 25.3 Å². The van der Waals surface area contributed by atoms with Crippen LogP contribution < -0.4 is 16.0 Å². The lowest BCUT2D eigenvalue weighted by Gasteiger charge is -2.31. The lowest BCUT2D eigenvalue weighted by Crippen LogP contribution is -3.18. The van der Waals surface area contributed by atoms with Gasteiger partial charge < -0.3 is 16.0 Å². The van der Waals surface area contributed by atoms with Gasteiger partial charge in [0.2, 0.25) is 5.91 Å². The predicted octanol–water partition coefficient (Wildman–Crippen LogP) is 0.102. The number of carbonyl (C=O) groups is 2. The molecule has 0 bridgehead atoms. The second-order valence-corrected chi connectivity index (χ2v) is 5.93. The van der Waals surface area contributed by atoms with E-state index in [0.717, 1.165) is 35.5 Å². The first kappa shape index (κ1) is 15.5. The van der Waals surface area contributed by atoms with Gasteiger partial charge in [-0.25, -0.2) is 0 Å². The van der Waals surface area contributed by atoms with Crippen molar-refractivity contribution in [1.29, 1.82) is 0 Å². The Morgan fingerprint density at radius 2 is 2.19 bits per heavy atom. The fourth-order valence-corrected chi connectivity index (χ4v) is 2.89. The summed E-state index contributed by atoms with van der Waals surface area (Å²) in [4.78, 5) is 24.8. The van der Waals surface area contributed by atoms with E-state index in [1.807, 2.05) is 38.1 Å². The van der Waals surface area contributed by atoms with Crippen LogP contribution in [0.5, 0.6) is 0 Å². The maximum absolute atomic E-state index is 12.4. The fraction of sp³-hybridized carbons (Fsp3) is 0.500. The first-order valence-corrected chi connectivity index (χ1v) is 7.49. The molecular formula is C16H24N3O2+. The number of nitrogens with one attached hydrogen (secondary N) is 2. The highest BCUT2D eigenvalue weighted by Gasteiger charge is 2.33. The summed E-state index contributed by atoms with van der Waals surface area (Å²) in [6.45, 7) is 5.46. The number of benzene rings is 1. The molecule has 1 aliphatic rings. The largest absolute Gasteiger partial charge is 0.369 e. The Kier molecular flexibility index (Phi) is 4.96. The van der Waals surface area contributed by atoms with Crippen molar-refractivity contribution in [2.45, 2.75) is 32.7 Å². The molecule has 1 aliphatic heterocycles. The first-order valence-electron chi connectivity index (χ1n) is 7.49. The molecule has 2 rings (SSSR count). The summed E-state index contributed by atoms with van der Waals surface area (Å²) >= 11 is 0. The highest BCUT2D eigenvalue weighted by atomic mass is 16.2. The molecule has 1 aromatic carbocycles. The van der Waals surface area contributed by atoms with E-state index in [0.29, 0.717) is 6.54 Å². The summed E-state index contributed by atoms with van der Waals surface area (Å²) in [7, 11) is 0. The minimum atomic E-state index is -0.251. The maximum Gasteiger partial charge on any atom is 0.282 e. The van der Waals surface area contributed by atoms with E-state index >= 15 is 0 Å². The van der Waals surface area contributed by atoms with Crippen LogP contribution in [0.25, 0.3) is 0 Å². The zero-order chi connectivity index (χ0) is 15.4. The minimum Gasteiger partial charge on any atom is -0.369 e. The van der Waals surface area contributed by atoms with E-state index in [2.05, 4.69) is 5.32 Å². The Hall–Kier alpha value is -1.88. The van der Waals surface area contributed by atoms with E-state index in [1.165, 1.54) is 0 Å². The summed E-state index contributed by atoms with van der Waals surface area (Å²) in [5.41, 5.74) is 7.32. The molecule has 1 fully saturated rings. The van der Waals surface area contributed by atoms with Crippen molar-refractivity contribution in [3.05, 3.63) is 29.8 Å². The SMILES string of the molecule is Cc1cccc(NC(=O)[C@H](C)[NH+]2CCC[C@H](C(N)=O)C2)c1. The number of nitrogens with two attached hydrogens (primary N) is 1. The van der Waals surface area contributed by atoms with Crippen LogP contribution in [0.3, 0.4) is 0 Å². The van der Waals surface area contributed by atoms with Gasteiger partial charge in [0.25, 0.3) is 5.91 Å². The highest BCUT2D eigenvalue weighted by Crippen LogP contribution is 2.10. The average molecular weight is 290 g/mol. The van der Waals surface area contributed by atoms with Gasteiger partial charge in [-0.05, 0) is 44.4 Å². The van der Waals surface area contributed by atoms with E-state index in [9.17, 15) is 9.59 Å². The van der Waals surface area contributed by atoms with Gasteiger partial charge >= 0.3 is 0 Å². The van der Waals surface area contributed by atoms with Crippen LogP contribution in [0.15, 0.2) is 24.3 Å². The number of amides is 2. The Balaban J connectivity index is 1.97. The number of aryl methyl sites for hydroxylation is 1. The lowest BCUT2D eigenvalue weighted by atomic mass is 9.96. The molecule has 1 aromatic rings. The number of carbonyl (C=O) groups excluding carboxylic acids is 2. The third kappa shape index (κ3) is 4.04. The van der Waals surface area contributed by atoms with Crippen molar-refractivity contribution in [1.82, 2.24) is 0 Å². The zero-order valence-corrected chi connectivity index (χ0v) is 12.7. The molecular weight excluding hydrogens is 266 g/mol. The van der Waals surface area contributed by atoms with Crippen molar-refractivity contribution in [2.24, 2.45) is 11.7 Å². The number of piperidine rings is 1. The number of quaternary nitrogens is 1. The molecule has 5 nitrogen and oxygen atoms in total. The minimum absolute atomic E-state index is 0.0132. The second kappa shape index (κ2) is 6.72. The van der Waals surface area contributed by atoms with Gasteiger partial charge in [-0.1, -0.05) is 12.1 Å². The lowest BCUT2D eigenvalue weighted by molar-refractivity contribution is -0.921. The van der Waals surface area contributed by atoms with Crippen molar-refractivity contribution in [2.75, 3.05) is 18.4 Å². The molecule has 4 N–H and O–H groups in total. The predicted molar refractivity (Wildman–Crippen MR) is 81.9 cm³/mol. The normalized spacial score (nSPS) is 23.3. The van der Waals surface area contributed by atoms with E-state index in [4.69, 9.17) is 5.73 Å². The van der Waals surface area contributed by atoms with Crippen molar-refractivity contribution in [3.63, 3.8) is 0 Å². The summed E-state index contributed by atoms with van der Waals surface area (Å²) in [6.07, 6.45) is 1.77. The quantitative estimate of drug-likeness (QED) is 0.736. The van der Waals surface area contributed by atoms with Crippen molar-refractivity contribution in [3.8, 4) is 0 Å². The van der Waals surface area contributed by atoms with Crippen LogP contribution >= 0.6 is 0 Å². The summed E-state index contributed by atoms with van der Waals surface area (Å²) in [6, 6.07) is 7.56. The molecule has 0 spiro atoms. The van der Waals surface area contributed by atoms with Gasteiger partial charge in [-0.15, -0.1) is 0 Å². The highest BCUT2D eigenvalue weighted by molar-refractivity contribution is 5.93. The number of hydrogen-bond donors (Lipinski definition) is 3. The molecule has 5 heteroatoms. The molecule has 1 heterocycles. The van der Waals surface area contributed by atoms with Crippen molar-refractivity contribution >= 4 is 17.5 Å². The Morgan fingerprint density at radius 3 is 2.86 bits per heavy atom. The topological polar surface area (TPSA) is 76.6 Å². The number of hydrogen-bond acceptors (Lipinski definition) is 2. The molecule has 3 atom stereocenters. The van der Waals surface area contributed by atoms with E-state index in [1.54, 1.807) is 0 Å². The van der Waals surface area contributed by atoms with Gasteiger partial charge in [0.15, 0.2) is 6.04 Å². The zero-order valence-electron chi connectivity index (χ0n) is 12.7.